The first-order valence-electron chi connectivity index (χ1n) is 13.5. The average molecular weight is 497 g/mol. The van der Waals surface area contributed by atoms with E-state index >= 15 is 0 Å². The Hall–Kier alpha value is -5.08. The van der Waals surface area contributed by atoms with E-state index in [0.29, 0.717) is 0 Å². The monoisotopic (exact) mass is 496 g/mol. The quantitative estimate of drug-likeness (QED) is 0.225. The summed E-state index contributed by atoms with van der Waals surface area (Å²) in [5.41, 5.74) is 11.4. The number of fused-ring (bicyclic) bond motifs is 10. The minimum atomic E-state index is 1.24. The molecule has 3 heterocycles. The van der Waals surface area contributed by atoms with Crippen molar-refractivity contribution >= 4 is 59.9 Å². The van der Waals surface area contributed by atoms with Gasteiger partial charge in [0.1, 0.15) is 0 Å². The molecule has 0 amide bonds. The maximum atomic E-state index is 2.51. The second-order valence-corrected chi connectivity index (χ2v) is 10.6. The molecule has 0 spiro atoms. The molecule has 0 saturated carbocycles. The van der Waals surface area contributed by atoms with Gasteiger partial charge < -0.3 is 8.97 Å². The van der Waals surface area contributed by atoms with Crippen molar-refractivity contribution in [2.24, 2.45) is 7.05 Å². The van der Waals surface area contributed by atoms with Gasteiger partial charge in [0.15, 0.2) is 0 Å². The normalized spacial score (nSPS) is 12.2. The minimum Gasteiger partial charge on any atom is -0.344 e. The fraction of sp³-hybridized carbons (Fsp3) is 0.0270. The van der Waals surface area contributed by atoms with E-state index in [1.807, 2.05) is 0 Å². The molecule has 0 aliphatic carbocycles. The zero-order valence-electron chi connectivity index (χ0n) is 21.5. The van der Waals surface area contributed by atoms with Crippen molar-refractivity contribution in [3.63, 3.8) is 0 Å². The molecule has 0 radical (unpaired) electrons. The number of benzene rings is 6. The first-order valence-corrected chi connectivity index (χ1v) is 13.5. The summed E-state index contributed by atoms with van der Waals surface area (Å²) in [5.74, 6) is 0. The topological polar surface area (TPSA) is 9.34 Å². The van der Waals surface area contributed by atoms with Gasteiger partial charge in [-0.15, -0.1) is 0 Å². The smallest absolute Gasteiger partial charge is 0.0621 e. The number of para-hydroxylation sites is 1. The van der Waals surface area contributed by atoms with Crippen molar-refractivity contribution < 1.29 is 0 Å². The molecule has 0 bridgehead atoms. The Kier molecular flexibility index (Phi) is 4.02. The highest BCUT2D eigenvalue weighted by molar-refractivity contribution is 6.33. The van der Waals surface area contributed by atoms with E-state index in [0.717, 1.165) is 0 Å². The van der Waals surface area contributed by atoms with Crippen LogP contribution in [0.2, 0.25) is 0 Å². The van der Waals surface area contributed by atoms with Crippen molar-refractivity contribution in [2.45, 2.75) is 0 Å². The molecule has 2 heteroatoms. The summed E-state index contributed by atoms with van der Waals surface area (Å²) in [4.78, 5) is 0. The lowest BCUT2D eigenvalue weighted by atomic mass is 9.97. The Balaban J connectivity index is 1.53. The van der Waals surface area contributed by atoms with Gasteiger partial charge in [0.05, 0.1) is 16.6 Å². The lowest BCUT2D eigenvalue weighted by Gasteiger charge is -2.06. The van der Waals surface area contributed by atoms with E-state index in [-0.39, 0.29) is 0 Å². The Morgan fingerprint density at radius 3 is 1.82 bits per heavy atom. The number of aryl methyl sites for hydroxylation is 1. The number of rotatable bonds is 2. The Morgan fingerprint density at radius 1 is 0.385 bits per heavy atom. The summed E-state index contributed by atoms with van der Waals surface area (Å²) in [6, 6.07) is 46.7. The third kappa shape index (κ3) is 2.70. The predicted octanol–water partition coefficient (Wildman–Crippen LogP) is 9.82. The maximum Gasteiger partial charge on any atom is 0.0621 e. The molecule has 39 heavy (non-hydrogen) atoms. The van der Waals surface area contributed by atoms with Crippen LogP contribution < -0.4 is 0 Å². The van der Waals surface area contributed by atoms with Crippen LogP contribution in [0.5, 0.6) is 0 Å². The van der Waals surface area contributed by atoms with Crippen molar-refractivity contribution in [1.29, 1.82) is 0 Å². The van der Waals surface area contributed by atoms with Crippen molar-refractivity contribution in [1.82, 2.24) is 8.97 Å². The van der Waals surface area contributed by atoms with Crippen LogP contribution in [-0.2, 0) is 7.05 Å². The van der Waals surface area contributed by atoms with Gasteiger partial charge in [0.25, 0.3) is 0 Å². The third-order valence-corrected chi connectivity index (χ3v) is 8.64. The second kappa shape index (κ2) is 7.49. The lowest BCUT2D eigenvalue weighted by molar-refractivity contribution is 1.01. The highest BCUT2D eigenvalue weighted by Crippen LogP contribution is 2.46. The molecule has 0 N–H and O–H groups in total. The van der Waals surface area contributed by atoms with Gasteiger partial charge in [-0.05, 0) is 58.7 Å². The molecular weight excluding hydrogens is 472 g/mol. The van der Waals surface area contributed by atoms with Crippen molar-refractivity contribution in [2.75, 3.05) is 0 Å². The summed E-state index contributed by atoms with van der Waals surface area (Å²) < 4.78 is 4.85. The first-order chi connectivity index (χ1) is 19.3. The summed E-state index contributed by atoms with van der Waals surface area (Å²) in [7, 11) is 2.18. The SMILES string of the molecule is Cn1c2ccccc2c2c3c4cc(-c5ccccc5)cc5c6ccc(-c7ccccc7)cc6n(c3ccc21)c54. The van der Waals surface area contributed by atoms with Crippen LogP contribution in [0.4, 0.5) is 0 Å². The molecular formula is C37H24N2. The number of aromatic nitrogens is 2. The molecule has 0 aliphatic heterocycles. The third-order valence-electron chi connectivity index (χ3n) is 8.64. The minimum absolute atomic E-state index is 1.24. The highest BCUT2D eigenvalue weighted by atomic mass is 14.9. The number of nitrogens with zero attached hydrogens (tertiary/aromatic N) is 2. The summed E-state index contributed by atoms with van der Waals surface area (Å²) in [5, 5.41) is 7.92. The molecule has 9 aromatic rings. The molecule has 0 unspecified atom stereocenters. The zero-order chi connectivity index (χ0) is 25.7. The Labute approximate surface area is 225 Å². The van der Waals surface area contributed by atoms with Gasteiger partial charge >= 0.3 is 0 Å². The second-order valence-electron chi connectivity index (χ2n) is 10.6. The van der Waals surface area contributed by atoms with Gasteiger partial charge in [0.2, 0.25) is 0 Å². The molecule has 0 fully saturated rings. The summed E-state index contributed by atoms with van der Waals surface area (Å²) in [6.07, 6.45) is 0. The van der Waals surface area contributed by atoms with Gasteiger partial charge in [0, 0.05) is 50.4 Å². The van der Waals surface area contributed by atoms with Crippen LogP contribution in [0.1, 0.15) is 0 Å². The van der Waals surface area contributed by atoms with Gasteiger partial charge in [-0.1, -0.05) is 91.0 Å². The summed E-state index contributed by atoms with van der Waals surface area (Å²) in [6.45, 7) is 0. The van der Waals surface area contributed by atoms with Crippen molar-refractivity contribution in [3.8, 4) is 22.3 Å². The van der Waals surface area contributed by atoms with E-state index in [9.17, 15) is 0 Å². The molecule has 9 rings (SSSR count). The molecule has 3 aromatic heterocycles. The van der Waals surface area contributed by atoms with E-state index in [2.05, 4.69) is 143 Å². The van der Waals surface area contributed by atoms with Gasteiger partial charge in [-0.3, -0.25) is 0 Å². The zero-order valence-corrected chi connectivity index (χ0v) is 21.5. The van der Waals surface area contributed by atoms with Crippen LogP contribution in [0.3, 0.4) is 0 Å². The first kappa shape index (κ1) is 20.9. The van der Waals surface area contributed by atoms with Crippen LogP contribution in [0.15, 0.2) is 127 Å². The van der Waals surface area contributed by atoms with E-state index in [1.54, 1.807) is 0 Å². The molecule has 0 saturated heterocycles. The highest BCUT2D eigenvalue weighted by Gasteiger charge is 2.22. The number of hydrogen-bond acceptors (Lipinski definition) is 0. The van der Waals surface area contributed by atoms with Crippen LogP contribution in [0, 0.1) is 0 Å². The Bertz CT molecular complexity index is 2370. The van der Waals surface area contributed by atoms with Crippen molar-refractivity contribution in [3.05, 3.63) is 127 Å². The molecule has 2 nitrogen and oxygen atoms in total. The number of hydrogen-bond donors (Lipinski definition) is 0. The fourth-order valence-corrected chi connectivity index (χ4v) is 6.89. The summed E-state index contributed by atoms with van der Waals surface area (Å²) >= 11 is 0. The maximum absolute atomic E-state index is 2.51. The standard InChI is InChI=1S/C37H24N2/c1-38-31-15-9-8-14-28(31)35-32(38)18-19-33-36(35)30-21-26(24-12-6-3-7-13-24)20-29-27-17-16-25(23-10-4-2-5-11-23)22-34(27)39(33)37(29)30/h2-22H,1H3. The Morgan fingerprint density at radius 2 is 1.03 bits per heavy atom. The van der Waals surface area contributed by atoms with E-state index in [1.165, 1.54) is 82.2 Å². The largest absolute Gasteiger partial charge is 0.344 e. The lowest BCUT2D eigenvalue weighted by Crippen LogP contribution is -1.86. The van der Waals surface area contributed by atoms with E-state index < -0.39 is 0 Å². The molecule has 0 aliphatic rings. The molecule has 6 aromatic carbocycles. The van der Waals surface area contributed by atoms with E-state index in [4.69, 9.17) is 0 Å². The van der Waals surface area contributed by atoms with Crippen LogP contribution >= 0.6 is 0 Å². The van der Waals surface area contributed by atoms with Gasteiger partial charge in [-0.2, -0.15) is 0 Å². The predicted molar refractivity (Wildman–Crippen MR) is 166 cm³/mol. The molecule has 182 valence electrons. The average Bonchev–Trinajstić information content (AvgIpc) is 3.62. The van der Waals surface area contributed by atoms with Crippen LogP contribution in [-0.4, -0.2) is 8.97 Å². The van der Waals surface area contributed by atoms with Crippen LogP contribution in [0.25, 0.3) is 82.2 Å². The fourth-order valence-electron chi connectivity index (χ4n) is 6.89. The molecule has 0 atom stereocenters. The van der Waals surface area contributed by atoms with Gasteiger partial charge in [-0.25, -0.2) is 0 Å².